The quantitative estimate of drug-likeness (QED) is 0.458. The molecule has 1 N–H and O–H groups in total. The third-order valence-corrected chi connectivity index (χ3v) is 6.86. The minimum absolute atomic E-state index is 0.144. The Kier molecular flexibility index (Phi) is 5.73. The second-order valence-corrected chi connectivity index (χ2v) is 9.45. The smallest absolute Gasteiger partial charge is 0.295 e. The number of amides is 2. The van der Waals surface area contributed by atoms with Crippen LogP contribution in [0.2, 0.25) is 5.02 Å². The van der Waals surface area contributed by atoms with Gasteiger partial charge in [-0.25, -0.2) is 4.68 Å². The van der Waals surface area contributed by atoms with Crippen LogP contribution >= 0.6 is 11.6 Å². The zero-order valence-electron chi connectivity index (χ0n) is 19.2. The average Bonchev–Trinajstić information content (AvgIpc) is 3.25. The molecule has 5 rings (SSSR count). The number of imide groups is 1. The van der Waals surface area contributed by atoms with Crippen molar-refractivity contribution < 1.29 is 14.2 Å². The van der Waals surface area contributed by atoms with Crippen LogP contribution in [0.3, 0.4) is 0 Å². The van der Waals surface area contributed by atoms with Crippen molar-refractivity contribution in [3.8, 4) is 5.69 Å². The van der Waals surface area contributed by atoms with Gasteiger partial charge in [0.2, 0.25) is 0 Å². The number of benzene rings is 1. The third-order valence-electron chi connectivity index (χ3n) is 6.63. The van der Waals surface area contributed by atoms with Crippen LogP contribution in [0.25, 0.3) is 17.0 Å². The van der Waals surface area contributed by atoms with Gasteiger partial charge in [0.25, 0.3) is 17.2 Å². The van der Waals surface area contributed by atoms with Crippen molar-refractivity contribution >= 4 is 34.7 Å². The molecule has 1 saturated carbocycles. The van der Waals surface area contributed by atoms with Crippen molar-refractivity contribution in [2.45, 2.75) is 52.0 Å². The van der Waals surface area contributed by atoms with Crippen molar-refractivity contribution in [3.63, 3.8) is 0 Å². The summed E-state index contributed by atoms with van der Waals surface area (Å²) in [5.41, 5.74) is 2.18. The number of nitrogens with zero attached hydrogens (tertiary/aromatic N) is 3. The fourth-order valence-electron chi connectivity index (χ4n) is 5.04. The largest absolute Gasteiger partial charge is 0.327 e. The van der Waals surface area contributed by atoms with Crippen molar-refractivity contribution in [1.29, 1.82) is 0 Å². The molecule has 174 valence electrons. The number of hydrogen-bond donors (Lipinski definition) is 1. The van der Waals surface area contributed by atoms with Crippen molar-refractivity contribution in [2.75, 3.05) is 0 Å². The van der Waals surface area contributed by atoms with Crippen molar-refractivity contribution in [1.82, 2.24) is 14.7 Å². The predicted molar refractivity (Wildman–Crippen MR) is 129 cm³/mol. The number of hydrogen-bond acceptors (Lipinski definition) is 3. The van der Waals surface area contributed by atoms with Crippen LogP contribution in [0, 0.1) is 13.8 Å². The maximum atomic E-state index is 13.8. The molecule has 0 atom stereocenters. The van der Waals surface area contributed by atoms with E-state index < -0.39 is 11.5 Å². The zero-order chi connectivity index (χ0) is 24.0. The summed E-state index contributed by atoms with van der Waals surface area (Å²) in [6.45, 7) is 3.66. The normalized spacial score (nSPS) is 17.2. The van der Waals surface area contributed by atoms with Gasteiger partial charge < -0.3 is 0 Å². The Balaban J connectivity index is 1.72. The summed E-state index contributed by atoms with van der Waals surface area (Å²) in [5, 5.41) is 3.56. The fourth-order valence-corrected chi connectivity index (χ4v) is 5.23. The molecule has 3 aromatic rings. The summed E-state index contributed by atoms with van der Waals surface area (Å²) >= 11 is 6.14. The highest BCUT2D eigenvalue weighted by Gasteiger charge is 2.49. The number of H-pyrrole nitrogens is 1. The van der Waals surface area contributed by atoms with Crippen LogP contribution in [-0.2, 0) is 9.59 Å². The van der Waals surface area contributed by atoms with Crippen molar-refractivity contribution in [2.24, 2.45) is 0 Å². The first-order valence-electron chi connectivity index (χ1n) is 11.5. The molecular weight excluding hydrogens is 452 g/mol. The number of rotatable bonds is 4. The van der Waals surface area contributed by atoms with Gasteiger partial charge in [-0.05, 0) is 51.0 Å². The second kappa shape index (κ2) is 8.72. The molecule has 1 fully saturated rings. The Labute approximate surface area is 202 Å². The Morgan fingerprint density at radius 2 is 1.76 bits per heavy atom. The SMILES string of the molecule is Cc1ccc[n+](C2=C(c3c(C)[nH]n(-c4cccc(Cl)c4)c3=O)C(=O)N(C3CCCCC3)C2=O)c1. The molecule has 34 heavy (non-hydrogen) atoms. The van der Waals surface area contributed by atoms with E-state index in [9.17, 15) is 14.4 Å². The lowest BCUT2D eigenvalue weighted by Crippen LogP contribution is -2.45. The summed E-state index contributed by atoms with van der Waals surface area (Å²) in [6.07, 6.45) is 8.19. The number of halogens is 1. The van der Waals surface area contributed by atoms with E-state index in [4.69, 9.17) is 11.6 Å². The molecule has 3 heterocycles. The fraction of sp³-hybridized carbons (Fsp3) is 0.308. The van der Waals surface area contributed by atoms with E-state index in [0.29, 0.717) is 16.4 Å². The van der Waals surface area contributed by atoms with Gasteiger partial charge in [0.05, 0.1) is 11.3 Å². The van der Waals surface area contributed by atoms with Crippen molar-refractivity contribution in [3.05, 3.63) is 81.0 Å². The topological polar surface area (TPSA) is 79.1 Å². The Bertz CT molecular complexity index is 1400. The first-order valence-corrected chi connectivity index (χ1v) is 11.9. The number of carbonyl (C=O) groups excluding carboxylic acids is 2. The molecule has 7 nitrogen and oxygen atoms in total. The lowest BCUT2D eigenvalue weighted by Gasteiger charge is -2.29. The standard InChI is InChI=1S/C26H25ClN4O3/c1-16-8-7-13-29(15-16)23-22(24(32)30(26(23)34)19-10-4-3-5-11-19)21-17(2)28-31(25(21)33)20-12-6-9-18(27)14-20/h6-9,12-15,19H,3-5,10-11H2,1-2H3/p+1. The summed E-state index contributed by atoms with van der Waals surface area (Å²) < 4.78 is 3.03. The number of aryl methyl sites for hydroxylation is 2. The van der Waals surface area contributed by atoms with Crippen LogP contribution in [0.4, 0.5) is 0 Å². The predicted octanol–water partition coefficient (Wildman–Crippen LogP) is 3.79. The molecule has 2 aromatic heterocycles. The van der Waals surface area contributed by atoms with Gasteiger partial charge in [0.1, 0.15) is 5.57 Å². The molecule has 1 aromatic carbocycles. The second-order valence-electron chi connectivity index (χ2n) is 9.02. The van der Waals surface area contributed by atoms with E-state index in [2.05, 4.69) is 5.10 Å². The van der Waals surface area contributed by atoms with Crippen LogP contribution in [0.5, 0.6) is 0 Å². The molecule has 1 aliphatic carbocycles. The van der Waals surface area contributed by atoms with E-state index in [1.165, 1.54) is 9.58 Å². The van der Waals surface area contributed by atoms with Crippen LogP contribution in [0.15, 0.2) is 53.6 Å². The summed E-state index contributed by atoms with van der Waals surface area (Å²) in [4.78, 5) is 42.6. The minimum Gasteiger partial charge on any atom is -0.295 e. The molecule has 1 aliphatic heterocycles. The van der Waals surface area contributed by atoms with Crippen LogP contribution < -0.4 is 10.1 Å². The Morgan fingerprint density at radius 3 is 2.47 bits per heavy atom. The molecule has 0 bridgehead atoms. The number of aromatic amines is 1. The summed E-state index contributed by atoms with van der Waals surface area (Å²) in [7, 11) is 0. The van der Waals surface area contributed by atoms with Gasteiger partial charge in [-0.1, -0.05) is 36.9 Å². The number of carbonyl (C=O) groups is 2. The molecular formula is C26H26ClN4O3+. The first kappa shape index (κ1) is 22.3. The van der Waals surface area contributed by atoms with Gasteiger partial charge in [-0.2, -0.15) is 4.57 Å². The molecule has 2 amide bonds. The Morgan fingerprint density at radius 1 is 1.00 bits per heavy atom. The number of nitrogens with one attached hydrogen (secondary N) is 1. The Hall–Kier alpha value is -3.45. The van der Waals surface area contributed by atoms with Crippen LogP contribution in [0.1, 0.15) is 48.9 Å². The molecule has 0 saturated heterocycles. The lowest BCUT2D eigenvalue weighted by molar-refractivity contribution is -0.577. The van der Waals surface area contributed by atoms with Gasteiger partial charge in [0, 0.05) is 28.4 Å². The van der Waals surface area contributed by atoms with Gasteiger partial charge >= 0.3 is 5.91 Å². The minimum atomic E-state index is -0.404. The van der Waals surface area contributed by atoms with E-state index >= 15 is 0 Å². The molecule has 0 radical (unpaired) electrons. The first-order chi connectivity index (χ1) is 16.4. The van der Waals surface area contributed by atoms with E-state index in [1.807, 2.05) is 25.3 Å². The van der Waals surface area contributed by atoms with E-state index in [-0.39, 0.29) is 28.8 Å². The lowest BCUT2D eigenvalue weighted by atomic mass is 9.94. The maximum absolute atomic E-state index is 13.8. The van der Waals surface area contributed by atoms with Gasteiger partial charge in [-0.15, -0.1) is 0 Å². The molecule has 0 spiro atoms. The van der Waals surface area contributed by atoms with E-state index in [0.717, 1.165) is 37.7 Å². The van der Waals surface area contributed by atoms with Gasteiger partial charge in [0.15, 0.2) is 12.4 Å². The summed E-state index contributed by atoms with van der Waals surface area (Å²) in [5.74, 6) is -0.754. The number of pyridine rings is 1. The monoisotopic (exact) mass is 477 g/mol. The summed E-state index contributed by atoms with van der Waals surface area (Å²) in [6, 6.07) is 10.5. The molecule has 2 aliphatic rings. The maximum Gasteiger partial charge on any atom is 0.327 e. The highest BCUT2D eigenvalue weighted by Crippen LogP contribution is 2.34. The zero-order valence-corrected chi connectivity index (χ0v) is 19.9. The highest BCUT2D eigenvalue weighted by atomic mass is 35.5. The van der Waals surface area contributed by atoms with Gasteiger partial charge in [-0.3, -0.25) is 24.4 Å². The highest BCUT2D eigenvalue weighted by molar-refractivity contribution is 6.44. The number of aromatic nitrogens is 3. The van der Waals surface area contributed by atoms with Crippen LogP contribution in [-0.4, -0.2) is 32.5 Å². The molecule has 0 unspecified atom stereocenters. The average molecular weight is 478 g/mol. The van der Waals surface area contributed by atoms with E-state index in [1.54, 1.807) is 42.0 Å². The third kappa shape index (κ3) is 3.70. The molecule has 8 heteroatoms.